The van der Waals surface area contributed by atoms with Gasteiger partial charge in [-0.15, -0.1) is 0 Å². The molecule has 7 nitrogen and oxygen atoms in total. The van der Waals surface area contributed by atoms with Gasteiger partial charge in [-0.1, -0.05) is 0 Å². The van der Waals surface area contributed by atoms with Crippen LogP contribution in [0.15, 0.2) is 0 Å². The largest absolute Gasteiger partial charge is 0.444 e. The average molecular weight is 288 g/mol. The Morgan fingerprint density at radius 3 is 2.30 bits per heavy atom. The van der Waals surface area contributed by atoms with Gasteiger partial charge in [0, 0.05) is 20.6 Å². The highest BCUT2D eigenvalue weighted by molar-refractivity contribution is 5.85. The van der Waals surface area contributed by atoms with Crippen molar-refractivity contribution in [3.63, 3.8) is 0 Å². The first kappa shape index (κ1) is 16.7. The molecule has 1 rings (SSSR count). The average Bonchev–Trinajstić information content (AvgIpc) is 2.79. The molecule has 1 saturated heterocycles. The fourth-order valence-corrected chi connectivity index (χ4v) is 2.02. The normalized spacial score (nSPS) is 22.8. The van der Waals surface area contributed by atoms with Crippen LogP contribution in [-0.4, -0.2) is 67.5 Å². The van der Waals surface area contributed by atoms with Gasteiger partial charge >= 0.3 is 6.09 Å². The second-order valence-electron chi connectivity index (χ2n) is 5.76. The fourth-order valence-electron chi connectivity index (χ4n) is 2.02. The van der Waals surface area contributed by atoms with Crippen LogP contribution in [0.25, 0.3) is 0 Å². The zero-order chi connectivity index (χ0) is 15.5. The molecule has 2 amide bonds. The highest BCUT2D eigenvalue weighted by Gasteiger charge is 2.42. The number of amides is 2. The summed E-state index contributed by atoms with van der Waals surface area (Å²) in [5.41, 5.74) is -0.608. The third-order valence-corrected chi connectivity index (χ3v) is 3.09. The van der Waals surface area contributed by atoms with Gasteiger partial charge in [0.25, 0.3) is 5.91 Å². The molecule has 0 saturated carbocycles. The zero-order valence-electron chi connectivity index (χ0n) is 13.0. The van der Waals surface area contributed by atoms with E-state index in [4.69, 9.17) is 14.3 Å². The van der Waals surface area contributed by atoms with E-state index in [1.165, 1.54) is 19.1 Å². The van der Waals surface area contributed by atoms with Crippen molar-refractivity contribution in [2.75, 3.05) is 27.8 Å². The Bertz CT molecular complexity index is 366. The van der Waals surface area contributed by atoms with Crippen molar-refractivity contribution in [2.24, 2.45) is 0 Å². The molecule has 0 aromatic heterocycles. The highest BCUT2D eigenvalue weighted by Crippen LogP contribution is 2.24. The Labute approximate surface area is 119 Å². The number of rotatable bonds is 3. The van der Waals surface area contributed by atoms with Gasteiger partial charge in [-0.05, 0) is 20.8 Å². The van der Waals surface area contributed by atoms with Crippen molar-refractivity contribution in [1.29, 1.82) is 0 Å². The van der Waals surface area contributed by atoms with Crippen LogP contribution in [0.5, 0.6) is 0 Å². The minimum absolute atomic E-state index is 0.179. The van der Waals surface area contributed by atoms with Crippen LogP contribution in [0.2, 0.25) is 0 Å². The molecule has 116 valence electrons. The van der Waals surface area contributed by atoms with Crippen LogP contribution in [0, 0.1) is 0 Å². The summed E-state index contributed by atoms with van der Waals surface area (Å²) in [7, 11) is 4.47. The lowest BCUT2D eigenvalue weighted by atomic mass is 10.2. The molecule has 0 bridgehead atoms. The lowest BCUT2D eigenvalue weighted by molar-refractivity contribution is -0.173. The van der Waals surface area contributed by atoms with Crippen molar-refractivity contribution < 1.29 is 23.9 Å². The van der Waals surface area contributed by atoms with Gasteiger partial charge < -0.3 is 9.47 Å². The second-order valence-corrected chi connectivity index (χ2v) is 5.76. The lowest BCUT2D eigenvalue weighted by Crippen LogP contribution is -2.47. The monoisotopic (exact) mass is 288 g/mol. The van der Waals surface area contributed by atoms with Gasteiger partial charge in [-0.25, -0.2) is 9.86 Å². The van der Waals surface area contributed by atoms with Gasteiger partial charge in [0.1, 0.15) is 11.6 Å². The Morgan fingerprint density at radius 1 is 1.25 bits per heavy atom. The quantitative estimate of drug-likeness (QED) is 0.726. The number of nitrogens with zero attached hydrogens (tertiary/aromatic N) is 2. The molecule has 0 spiro atoms. The van der Waals surface area contributed by atoms with Crippen molar-refractivity contribution in [2.45, 2.75) is 44.9 Å². The Hall–Kier alpha value is -1.34. The van der Waals surface area contributed by atoms with Crippen molar-refractivity contribution in [3.05, 3.63) is 0 Å². The Balaban J connectivity index is 2.84. The number of carbonyl (C=O) groups is 2. The first-order valence-electron chi connectivity index (χ1n) is 6.53. The van der Waals surface area contributed by atoms with Crippen LogP contribution in [-0.2, 0) is 19.1 Å². The number of ether oxygens (including phenoxy) is 2. The van der Waals surface area contributed by atoms with Crippen LogP contribution in [0.3, 0.4) is 0 Å². The van der Waals surface area contributed by atoms with Gasteiger partial charge in [0.2, 0.25) is 0 Å². The molecule has 2 atom stereocenters. The molecule has 1 heterocycles. The molecular formula is C13H24N2O5. The fraction of sp³-hybridized carbons (Fsp3) is 0.846. The smallest absolute Gasteiger partial charge is 0.411 e. The standard InChI is InChI=1S/C13H24N2O5/c1-13(2,3)20-12(17)15-8-9(18-5)7-10(15)11(16)14(4)19-6/h9-10H,7-8H2,1-6H3. The van der Waals surface area contributed by atoms with Crippen molar-refractivity contribution in [1.82, 2.24) is 9.96 Å². The minimum atomic E-state index is -0.625. The van der Waals surface area contributed by atoms with E-state index in [1.54, 1.807) is 27.9 Å². The van der Waals surface area contributed by atoms with E-state index in [0.29, 0.717) is 13.0 Å². The van der Waals surface area contributed by atoms with E-state index >= 15 is 0 Å². The van der Waals surface area contributed by atoms with Crippen LogP contribution >= 0.6 is 0 Å². The second kappa shape index (κ2) is 6.41. The Kier molecular flexibility index (Phi) is 5.35. The lowest BCUT2D eigenvalue weighted by Gasteiger charge is -2.29. The topological polar surface area (TPSA) is 68.3 Å². The molecule has 0 aliphatic carbocycles. The first-order chi connectivity index (χ1) is 9.19. The van der Waals surface area contributed by atoms with Gasteiger partial charge in [0.05, 0.1) is 19.8 Å². The number of hydroxylamine groups is 2. The summed E-state index contributed by atoms with van der Waals surface area (Å²) in [6, 6.07) is -0.625. The van der Waals surface area contributed by atoms with E-state index in [9.17, 15) is 9.59 Å². The first-order valence-corrected chi connectivity index (χ1v) is 6.53. The molecule has 1 aliphatic rings. The van der Waals surface area contributed by atoms with Crippen molar-refractivity contribution >= 4 is 12.0 Å². The van der Waals surface area contributed by atoms with Gasteiger partial charge in [0.15, 0.2) is 0 Å². The molecule has 7 heteroatoms. The molecule has 1 aliphatic heterocycles. The maximum absolute atomic E-state index is 12.2. The van der Waals surface area contributed by atoms with Crippen LogP contribution in [0.1, 0.15) is 27.2 Å². The zero-order valence-corrected chi connectivity index (χ0v) is 13.0. The summed E-state index contributed by atoms with van der Waals surface area (Å²) in [6.07, 6.45) is -0.260. The maximum atomic E-state index is 12.2. The summed E-state index contributed by atoms with van der Waals surface area (Å²) in [4.78, 5) is 30.7. The number of likely N-dealkylation sites (tertiary alicyclic amines) is 1. The van der Waals surface area contributed by atoms with Crippen LogP contribution < -0.4 is 0 Å². The molecule has 0 radical (unpaired) electrons. The summed E-state index contributed by atoms with van der Waals surface area (Å²) >= 11 is 0. The number of methoxy groups -OCH3 is 1. The number of hydrogen-bond donors (Lipinski definition) is 0. The predicted molar refractivity (Wildman–Crippen MR) is 71.9 cm³/mol. The van der Waals surface area contributed by atoms with Gasteiger partial charge in [-0.2, -0.15) is 0 Å². The molecule has 0 aromatic carbocycles. The summed E-state index contributed by atoms with van der Waals surface area (Å²) in [5, 5.41) is 1.11. The number of hydrogen-bond acceptors (Lipinski definition) is 5. The third kappa shape index (κ3) is 4.08. The molecule has 0 N–H and O–H groups in total. The molecular weight excluding hydrogens is 264 g/mol. The van der Waals surface area contributed by atoms with Crippen molar-refractivity contribution in [3.8, 4) is 0 Å². The predicted octanol–water partition coefficient (Wildman–Crippen LogP) is 1.03. The minimum Gasteiger partial charge on any atom is -0.444 e. The maximum Gasteiger partial charge on any atom is 0.411 e. The van der Waals surface area contributed by atoms with E-state index in [2.05, 4.69) is 0 Å². The highest BCUT2D eigenvalue weighted by atomic mass is 16.7. The molecule has 0 aromatic rings. The number of carbonyl (C=O) groups excluding carboxylic acids is 2. The van der Waals surface area contributed by atoms with Crippen LogP contribution in [0.4, 0.5) is 4.79 Å². The summed E-state index contributed by atoms with van der Waals surface area (Å²) in [6.45, 7) is 5.69. The van der Waals surface area contributed by atoms with E-state index in [-0.39, 0.29) is 12.0 Å². The number of likely N-dealkylation sites (N-methyl/N-ethyl adjacent to an activating group) is 1. The molecule has 2 unspecified atom stereocenters. The van der Waals surface area contributed by atoms with E-state index < -0.39 is 17.7 Å². The van der Waals surface area contributed by atoms with E-state index in [1.807, 2.05) is 0 Å². The molecule has 1 fully saturated rings. The Morgan fingerprint density at radius 2 is 1.85 bits per heavy atom. The van der Waals surface area contributed by atoms with E-state index in [0.717, 1.165) is 5.06 Å². The summed E-state index contributed by atoms with van der Waals surface area (Å²) in [5.74, 6) is -0.294. The molecule has 20 heavy (non-hydrogen) atoms. The SMILES string of the molecule is COC1CC(C(=O)N(C)OC)N(C(=O)OC(C)(C)C)C1. The third-order valence-electron chi connectivity index (χ3n) is 3.09. The summed E-state index contributed by atoms with van der Waals surface area (Å²) < 4.78 is 10.6. The van der Waals surface area contributed by atoms with Gasteiger partial charge in [-0.3, -0.25) is 14.5 Å².